The third-order valence-electron chi connectivity index (χ3n) is 4.28. The average Bonchev–Trinajstić information content (AvgIpc) is 3.39. The van der Waals surface area contributed by atoms with Gasteiger partial charge in [-0.15, -0.1) is 24.0 Å². The number of aromatic amines is 1. The van der Waals surface area contributed by atoms with Gasteiger partial charge in [-0.25, -0.2) is 4.98 Å². The standard InChI is InChI=1S/C20H23F3N6O.HI/c1-3-24-19(29(2)13-14-6-8-15(9-7-14)20(21,22)23)25-11-10-17-26-18(28-27-17)16-5-4-12-30-16;/h4-9,12H,3,10-11,13H2,1-2H3,(H,24,25)(H,26,27,28);1H. The van der Waals surface area contributed by atoms with Crippen LogP contribution in [-0.4, -0.2) is 46.2 Å². The topological polar surface area (TPSA) is 82.3 Å². The number of rotatable bonds is 7. The first-order chi connectivity index (χ1) is 14.4. The van der Waals surface area contributed by atoms with E-state index in [1.807, 2.05) is 18.9 Å². The normalized spacial score (nSPS) is 11.8. The predicted octanol–water partition coefficient (Wildman–Crippen LogP) is 4.34. The molecule has 0 saturated heterocycles. The van der Waals surface area contributed by atoms with Crippen molar-refractivity contribution < 1.29 is 17.6 Å². The Morgan fingerprint density at radius 1 is 1.23 bits per heavy atom. The molecule has 2 N–H and O–H groups in total. The van der Waals surface area contributed by atoms with Crippen LogP contribution >= 0.6 is 24.0 Å². The Bertz CT molecular complexity index is 954. The number of halogens is 4. The van der Waals surface area contributed by atoms with Crippen LogP contribution in [0.25, 0.3) is 11.6 Å². The van der Waals surface area contributed by atoms with Crippen LogP contribution in [0, 0.1) is 0 Å². The Morgan fingerprint density at radius 3 is 2.58 bits per heavy atom. The summed E-state index contributed by atoms with van der Waals surface area (Å²) in [6, 6.07) is 8.69. The second kappa shape index (κ2) is 11.2. The number of aromatic nitrogens is 3. The van der Waals surface area contributed by atoms with E-state index in [1.165, 1.54) is 12.1 Å². The molecule has 0 saturated carbocycles. The Labute approximate surface area is 195 Å². The van der Waals surface area contributed by atoms with Crippen LogP contribution in [0.5, 0.6) is 0 Å². The van der Waals surface area contributed by atoms with Gasteiger partial charge in [-0.3, -0.25) is 10.1 Å². The molecule has 2 heterocycles. The van der Waals surface area contributed by atoms with E-state index < -0.39 is 11.7 Å². The summed E-state index contributed by atoms with van der Waals surface area (Å²) in [7, 11) is 1.84. The van der Waals surface area contributed by atoms with Crippen LogP contribution in [0.3, 0.4) is 0 Å². The average molecular weight is 548 g/mol. The molecule has 2 aromatic heterocycles. The van der Waals surface area contributed by atoms with Crippen LogP contribution in [-0.2, 0) is 19.1 Å². The SMILES string of the molecule is CCNC(=NCCc1nc(-c2ccco2)n[nH]1)N(C)Cc1ccc(C(F)(F)F)cc1.I. The monoisotopic (exact) mass is 548 g/mol. The van der Waals surface area contributed by atoms with Gasteiger partial charge in [0, 0.05) is 33.1 Å². The number of hydrogen-bond acceptors (Lipinski definition) is 4. The quantitative estimate of drug-likeness (QED) is 0.261. The van der Waals surface area contributed by atoms with Crippen LogP contribution < -0.4 is 5.32 Å². The van der Waals surface area contributed by atoms with E-state index in [0.29, 0.717) is 49.4 Å². The fourth-order valence-electron chi connectivity index (χ4n) is 2.81. The maximum atomic E-state index is 12.7. The lowest BCUT2D eigenvalue weighted by Gasteiger charge is -2.22. The lowest BCUT2D eigenvalue weighted by molar-refractivity contribution is -0.137. The van der Waals surface area contributed by atoms with Crippen molar-refractivity contribution in [2.45, 2.75) is 26.1 Å². The van der Waals surface area contributed by atoms with Gasteiger partial charge in [0.05, 0.1) is 11.8 Å². The minimum absolute atomic E-state index is 0. The highest BCUT2D eigenvalue weighted by Gasteiger charge is 2.29. The molecule has 0 bridgehead atoms. The molecule has 31 heavy (non-hydrogen) atoms. The molecule has 3 rings (SSSR count). The second-order valence-corrected chi connectivity index (χ2v) is 6.62. The summed E-state index contributed by atoms with van der Waals surface area (Å²) < 4.78 is 43.4. The zero-order chi connectivity index (χ0) is 21.6. The summed E-state index contributed by atoms with van der Waals surface area (Å²) in [5.41, 5.74) is 0.102. The van der Waals surface area contributed by atoms with E-state index >= 15 is 0 Å². The van der Waals surface area contributed by atoms with Crippen molar-refractivity contribution in [3.8, 4) is 11.6 Å². The molecule has 0 atom stereocenters. The summed E-state index contributed by atoms with van der Waals surface area (Å²) >= 11 is 0. The van der Waals surface area contributed by atoms with Crippen LogP contribution in [0.15, 0.2) is 52.1 Å². The highest BCUT2D eigenvalue weighted by molar-refractivity contribution is 14.0. The van der Waals surface area contributed by atoms with E-state index in [0.717, 1.165) is 17.7 Å². The Kier molecular flexibility index (Phi) is 8.89. The van der Waals surface area contributed by atoms with E-state index in [2.05, 4.69) is 25.5 Å². The minimum atomic E-state index is -4.33. The number of benzene rings is 1. The summed E-state index contributed by atoms with van der Waals surface area (Å²) in [6.45, 7) is 3.51. The van der Waals surface area contributed by atoms with Crippen molar-refractivity contribution >= 4 is 29.9 Å². The molecule has 0 aliphatic rings. The molecule has 1 aromatic carbocycles. The number of aliphatic imine (C=N–C) groups is 1. The van der Waals surface area contributed by atoms with E-state index in [-0.39, 0.29) is 24.0 Å². The highest BCUT2D eigenvalue weighted by Crippen LogP contribution is 2.29. The Morgan fingerprint density at radius 2 is 1.97 bits per heavy atom. The van der Waals surface area contributed by atoms with Crippen molar-refractivity contribution in [1.29, 1.82) is 0 Å². The zero-order valence-electron chi connectivity index (χ0n) is 17.1. The van der Waals surface area contributed by atoms with Crippen molar-refractivity contribution in [3.05, 3.63) is 59.6 Å². The first kappa shape index (κ1) is 24.7. The molecule has 7 nitrogen and oxygen atoms in total. The lowest BCUT2D eigenvalue weighted by Crippen LogP contribution is -2.38. The van der Waals surface area contributed by atoms with Crippen LogP contribution in [0.2, 0.25) is 0 Å². The van der Waals surface area contributed by atoms with Gasteiger partial charge in [-0.2, -0.15) is 18.3 Å². The van der Waals surface area contributed by atoms with E-state index in [9.17, 15) is 13.2 Å². The van der Waals surface area contributed by atoms with E-state index in [4.69, 9.17) is 4.42 Å². The maximum absolute atomic E-state index is 12.7. The summed E-state index contributed by atoms with van der Waals surface area (Å²) in [5.74, 6) is 2.42. The predicted molar refractivity (Wildman–Crippen MR) is 122 cm³/mol. The molecule has 0 radical (unpaired) electrons. The molecule has 0 aliphatic heterocycles. The number of H-pyrrole nitrogens is 1. The van der Waals surface area contributed by atoms with Gasteiger partial charge >= 0.3 is 6.18 Å². The molecule has 168 valence electrons. The number of furan rings is 1. The number of nitrogens with one attached hydrogen (secondary N) is 2. The number of guanidine groups is 1. The summed E-state index contributed by atoms with van der Waals surface area (Å²) in [5, 5.41) is 10.2. The molecule has 0 spiro atoms. The molecule has 3 aromatic rings. The third kappa shape index (κ3) is 6.97. The van der Waals surface area contributed by atoms with Crippen molar-refractivity contribution in [2.75, 3.05) is 20.1 Å². The van der Waals surface area contributed by atoms with Gasteiger partial charge in [0.25, 0.3) is 0 Å². The number of hydrogen-bond donors (Lipinski definition) is 2. The number of alkyl halides is 3. The molecular formula is C20H24F3IN6O. The molecule has 0 unspecified atom stereocenters. The molecule has 0 amide bonds. The highest BCUT2D eigenvalue weighted by atomic mass is 127. The summed E-state index contributed by atoms with van der Waals surface area (Å²) in [6.07, 6.45) is -2.22. The van der Waals surface area contributed by atoms with Crippen LogP contribution in [0.4, 0.5) is 13.2 Å². The van der Waals surface area contributed by atoms with Crippen molar-refractivity contribution in [1.82, 2.24) is 25.4 Å². The van der Waals surface area contributed by atoms with Crippen molar-refractivity contribution in [2.24, 2.45) is 4.99 Å². The smallest absolute Gasteiger partial charge is 0.416 e. The van der Waals surface area contributed by atoms with Gasteiger partial charge in [-0.05, 0) is 36.8 Å². The molecular weight excluding hydrogens is 524 g/mol. The Balaban J connectivity index is 0.00000341. The first-order valence-electron chi connectivity index (χ1n) is 9.47. The van der Waals surface area contributed by atoms with Gasteiger partial charge < -0.3 is 14.6 Å². The third-order valence-corrected chi connectivity index (χ3v) is 4.28. The van der Waals surface area contributed by atoms with Crippen molar-refractivity contribution in [3.63, 3.8) is 0 Å². The van der Waals surface area contributed by atoms with Crippen LogP contribution in [0.1, 0.15) is 23.9 Å². The Hall–Kier alpha value is -2.57. The van der Waals surface area contributed by atoms with Gasteiger partial charge in [0.2, 0.25) is 5.82 Å². The number of nitrogens with zero attached hydrogens (tertiary/aromatic N) is 4. The first-order valence-corrected chi connectivity index (χ1v) is 9.47. The molecule has 0 fully saturated rings. The fraction of sp³-hybridized carbons (Fsp3) is 0.350. The van der Waals surface area contributed by atoms with Gasteiger partial charge in [0.15, 0.2) is 11.7 Å². The fourth-order valence-corrected chi connectivity index (χ4v) is 2.81. The molecule has 0 aliphatic carbocycles. The van der Waals surface area contributed by atoms with Gasteiger partial charge in [-0.1, -0.05) is 12.1 Å². The lowest BCUT2D eigenvalue weighted by atomic mass is 10.1. The minimum Gasteiger partial charge on any atom is -0.461 e. The largest absolute Gasteiger partial charge is 0.461 e. The summed E-state index contributed by atoms with van der Waals surface area (Å²) in [4.78, 5) is 10.8. The molecule has 11 heteroatoms. The zero-order valence-corrected chi connectivity index (χ0v) is 19.4. The van der Waals surface area contributed by atoms with Gasteiger partial charge in [0.1, 0.15) is 5.82 Å². The van der Waals surface area contributed by atoms with E-state index in [1.54, 1.807) is 18.4 Å². The maximum Gasteiger partial charge on any atom is 0.416 e. The second-order valence-electron chi connectivity index (χ2n) is 6.62.